The topological polar surface area (TPSA) is 65.4 Å². The molecular formula is C25H31F3N6OS. The van der Waals surface area contributed by atoms with E-state index in [-0.39, 0.29) is 6.03 Å². The SMILES string of the molecule is O=C(NCCCn1ccnc1)NC[C@@H]1C[C@H]1CN1CCN(c2csc3cc(C(F)(F)F)ccc23)CC1. The number of urea groups is 1. The normalized spacial score (nSPS) is 20.6. The summed E-state index contributed by atoms with van der Waals surface area (Å²) in [4.78, 5) is 20.8. The van der Waals surface area contributed by atoms with Crippen LogP contribution in [0.25, 0.3) is 10.1 Å². The third-order valence-electron chi connectivity index (χ3n) is 7.12. The van der Waals surface area contributed by atoms with Crippen LogP contribution in [-0.4, -0.2) is 66.3 Å². The van der Waals surface area contributed by atoms with E-state index in [9.17, 15) is 18.0 Å². The first-order chi connectivity index (χ1) is 17.4. The van der Waals surface area contributed by atoms with Gasteiger partial charge in [0.25, 0.3) is 0 Å². The molecule has 2 aliphatic rings. The first kappa shape index (κ1) is 24.9. The summed E-state index contributed by atoms with van der Waals surface area (Å²) in [6.07, 6.45) is 3.11. The molecule has 2 atom stereocenters. The number of carbonyl (C=O) groups is 1. The molecule has 2 amide bonds. The number of aryl methyl sites for hydroxylation is 1. The number of amides is 2. The van der Waals surface area contributed by atoms with Crippen LogP contribution in [0, 0.1) is 11.8 Å². The molecule has 3 heterocycles. The fourth-order valence-electron chi connectivity index (χ4n) is 4.89. The van der Waals surface area contributed by atoms with Crippen molar-refractivity contribution >= 4 is 33.1 Å². The van der Waals surface area contributed by atoms with Crippen molar-refractivity contribution in [3.05, 3.63) is 47.9 Å². The van der Waals surface area contributed by atoms with Gasteiger partial charge >= 0.3 is 12.2 Å². The Kier molecular flexibility index (Phi) is 7.38. The van der Waals surface area contributed by atoms with Gasteiger partial charge in [-0.3, -0.25) is 4.90 Å². The molecule has 194 valence electrons. The van der Waals surface area contributed by atoms with Crippen LogP contribution < -0.4 is 15.5 Å². The summed E-state index contributed by atoms with van der Waals surface area (Å²) < 4.78 is 41.7. The fourth-order valence-corrected chi connectivity index (χ4v) is 5.90. The average Bonchev–Trinajstić information content (AvgIpc) is 3.22. The van der Waals surface area contributed by atoms with Crippen molar-refractivity contribution in [3.63, 3.8) is 0 Å². The van der Waals surface area contributed by atoms with E-state index in [1.54, 1.807) is 18.6 Å². The first-order valence-electron chi connectivity index (χ1n) is 12.4. The minimum Gasteiger partial charge on any atom is -0.368 e. The molecule has 36 heavy (non-hydrogen) atoms. The predicted molar refractivity (Wildman–Crippen MR) is 135 cm³/mol. The summed E-state index contributed by atoms with van der Waals surface area (Å²) in [6.45, 7) is 6.81. The highest BCUT2D eigenvalue weighted by Crippen LogP contribution is 2.40. The summed E-state index contributed by atoms with van der Waals surface area (Å²) in [6, 6.07) is 3.93. The van der Waals surface area contributed by atoms with Crippen LogP contribution in [0.5, 0.6) is 0 Å². The molecule has 2 fully saturated rings. The minimum absolute atomic E-state index is 0.106. The molecule has 2 aromatic heterocycles. The van der Waals surface area contributed by atoms with E-state index in [2.05, 4.69) is 25.4 Å². The average molecular weight is 521 g/mol. The van der Waals surface area contributed by atoms with Crippen LogP contribution in [0.4, 0.5) is 23.7 Å². The lowest BCUT2D eigenvalue weighted by molar-refractivity contribution is -0.137. The lowest BCUT2D eigenvalue weighted by Gasteiger charge is -2.36. The van der Waals surface area contributed by atoms with Crippen LogP contribution >= 0.6 is 11.3 Å². The molecule has 11 heteroatoms. The molecular weight excluding hydrogens is 489 g/mol. The second-order valence-electron chi connectivity index (χ2n) is 9.66. The van der Waals surface area contributed by atoms with E-state index in [4.69, 9.17) is 0 Å². The maximum absolute atomic E-state index is 13.0. The molecule has 0 unspecified atom stereocenters. The Balaban J connectivity index is 0.996. The maximum Gasteiger partial charge on any atom is 0.416 e. The van der Waals surface area contributed by atoms with E-state index in [0.717, 1.165) is 63.2 Å². The van der Waals surface area contributed by atoms with Gasteiger partial charge in [-0.15, -0.1) is 11.3 Å². The summed E-state index contributed by atoms with van der Waals surface area (Å²) in [7, 11) is 0. The van der Waals surface area contributed by atoms with Gasteiger partial charge in [-0.1, -0.05) is 6.07 Å². The zero-order chi connectivity index (χ0) is 25.1. The number of piperazine rings is 1. The van der Waals surface area contributed by atoms with E-state index in [1.807, 2.05) is 16.1 Å². The highest BCUT2D eigenvalue weighted by atomic mass is 32.1. The van der Waals surface area contributed by atoms with Gasteiger partial charge in [0.05, 0.1) is 17.6 Å². The fraction of sp³-hybridized carbons (Fsp3) is 0.520. The zero-order valence-electron chi connectivity index (χ0n) is 20.0. The third-order valence-corrected chi connectivity index (χ3v) is 8.05. The minimum atomic E-state index is -4.31. The molecule has 0 spiro atoms. The van der Waals surface area contributed by atoms with E-state index >= 15 is 0 Å². The molecule has 1 aliphatic carbocycles. The van der Waals surface area contributed by atoms with Gasteiger partial charge in [0.15, 0.2) is 0 Å². The van der Waals surface area contributed by atoms with Crippen LogP contribution in [0.3, 0.4) is 0 Å². The number of benzene rings is 1. The number of anilines is 1. The predicted octanol–water partition coefficient (Wildman–Crippen LogP) is 4.26. The number of nitrogens with zero attached hydrogens (tertiary/aromatic N) is 4. The van der Waals surface area contributed by atoms with Crippen molar-refractivity contribution in [1.29, 1.82) is 0 Å². The summed E-state index contributed by atoms with van der Waals surface area (Å²) >= 11 is 1.37. The Labute approximate surface area is 212 Å². The van der Waals surface area contributed by atoms with Gasteiger partial charge in [0.1, 0.15) is 0 Å². The molecule has 1 aliphatic heterocycles. The van der Waals surface area contributed by atoms with Crippen molar-refractivity contribution in [2.45, 2.75) is 25.6 Å². The van der Waals surface area contributed by atoms with E-state index < -0.39 is 11.7 Å². The van der Waals surface area contributed by atoms with Crippen LogP contribution in [0.2, 0.25) is 0 Å². The molecule has 1 saturated carbocycles. The number of halogens is 3. The second kappa shape index (κ2) is 10.7. The quantitative estimate of drug-likeness (QED) is 0.414. The van der Waals surface area contributed by atoms with Gasteiger partial charge in [0, 0.05) is 80.2 Å². The molecule has 1 saturated heterocycles. The van der Waals surface area contributed by atoms with E-state index in [1.165, 1.54) is 23.5 Å². The van der Waals surface area contributed by atoms with Crippen molar-refractivity contribution < 1.29 is 18.0 Å². The lowest BCUT2D eigenvalue weighted by atomic mass is 10.1. The number of rotatable bonds is 9. The Hall–Kier alpha value is -2.79. The van der Waals surface area contributed by atoms with Crippen LogP contribution in [0.1, 0.15) is 18.4 Å². The largest absolute Gasteiger partial charge is 0.416 e. The Bertz CT molecular complexity index is 1160. The highest BCUT2D eigenvalue weighted by Gasteiger charge is 2.38. The maximum atomic E-state index is 13.0. The standard InChI is InChI=1S/C25H31F3N6OS/c26-25(27,28)20-2-3-21-22(16-36-23(21)13-20)34-10-8-32(9-11-34)15-19-12-18(19)14-31-24(35)30-4-1-6-33-7-5-29-17-33/h2-3,5,7,13,16-19H,1,4,6,8-12,14-15H2,(H2,30,31,35)/t18-,19-/m0/s1. The van der Waals surface area contributed by atoms with Crippen molar-refractivity contribution in [2.75, 3.05) is 50.7 Å². The number of thiophene rings is 1. The van der Waals surface area contributed by atoms with Gasteiger partial charge in [-0.2, -0.15) is 13.2 Å². The summed E-state index contributed by atoms with van der Waals surface area (Å²) in [5, 5.41) is 8.78. The number of carbonyl (C=O) groups excluding carboxylic acids is 1. The number of aromatic nitrogens is 2. The molecule has 2 N–H and O–H groups in total. The van der Waals surface area contributed by atoms with E-state index in [0.29, 0.717) is 29.6 Å². The number of hydrogen-bond acceptors (Lipinski definition) is 5. The number of hydrogen-bond donors (Lipinski definition) is 2. The molecule has 1 aromatic carbocycles. The van der Waals surface area contributed by atoms with Crippen molar-refractivity contribution in [2.24, 2.45) is 11.8 Å². The Morgan fingerprint density at radius 2 is 1.97 bits per heavy atom. The number of fused-ring (bicyclic) bond motifs is 1. The highest BCUT2D eigenvalue weighted by molar-refractivity contribution is 7.17. The smallest absolute Gasteiger partial charge is 0.368 e. The van der Waals surface area contributed by atoms with Crippen LogP contribution in [0.15, 0.2) is 42.3 Å². The molecule has 0 bridgehead atoms. The molecule has 5 rings (SSSR count). The number of alkyl halides is 3. The van der Waals surface area contributed by atoms with Crippen molar-refractivity contribution in [3.8, 4) is 0 Å². The van der Waals surface area contributed by atoms with Gasteiger partial charge < -0.3 is 20.1 Å². The van der Waals surface area contributed by atoms with Crippen molar-refractivity contribution in [1.82, 2.24) is 25.1 Å². The van der Waals surface area contributed by atoms with Crippen LogP contribution in [-0.2, 0) is 12.7 Å². The molecule has 0 radical (unpaired) electrons. The number of imidazole rings is 1. The molecule has 3 aromatic rings. The first-order valence-corrected chi connectivity index (χ1v) is 13.3. The summed E-state index contributed by atoms with van der Waals surface area (Å²) in [5.41, 5.74) is 0.442. The zero-order valence-corrected chi connectivity index (χ0v) is 20.8. The van der Waals surface area contributed by atoms with Gasteiger partial charge in [-0.25, -0.2) is 9.78 Å². The lowest BCUT2D eigenvalue weighted by Crippen LogP contribution is -2.47. The van der Waals surface area contributed by atoms with Gasteiger partial charge in [0.2, 0.25) is 0 Å². The second-order valence-corrected chi connectivity index (χ2v) is 10.6. The molecule has 7 nitrogen and oxygen atoms in total. The monoisotopic (exact) mass is 520 g/mol. The Morgan fingerprint density at radius 3 is 2.72 bits per heavy atom. The Morgan fingerprint density at radius 1 is 1.14 bits per heavy atom. The number of nitrogens with one attached hydrogen (secondary N) is 2. The third kappa shape index (κ3) is 6.12. The summed E-state index contributed by atoms with van der Waals surface area (Å²) in [5.74, 6) is 1.14. The van der Waals surface area contributed by atoms with Gasteiger partial charge in [-0.05, 0) is 36.8 Å².